The molecule has 2 aromatic rings. The molecule has 0 saturated heterocycles. The summed E-state index contributed by atoms with van der Waals surface area (Å²) in [5, 5.41) is 14.1. The molecule has 120 valence electrons. The maximum atomic E-state index is 12.1. The third kappa shape index (κ3) is 3.47. The topological polar surface area (TPSA) is 117 Å². The summed E-state index contributed by atoms with van der Waals surface area (Å²) in [4.78, 5) is 31.3. The van der Waals surface area contributed by atoms with Crippen molar-refractivity contribution in [3.05, 3.63) is 47.5 Å². The van der Waals surface area contributed by atoms with Crippen molar-refractivity contribution in [2.45, 2.75) is 13.0 Å². The number of carbonyl (C=O) groups is 2. The highest BCUT2D eigenvalue weighted by atomic mass is 16.5. The highest BCUT2D eigenvalue weighted by Gasteiger charge is 2.16. The zero-order chi connectivity index (χ0) is 16.9. The fourth-order valence-corrected chi connectivity index (χ4v) is 2.21. The van der Waals surface area contributed by atoms with Crippen molar-refractivity contribution < 1.29 is 14.3 Å². The van der Waals surface area contributed by atoms with E-state index in [0.717, 1.165) is 5.56 Å². The molecule has 2 N–H and O–H groups in total. The average molecular weight is 323 g/mol. The first-order valence-electron chi connectivity index (χ1n) is 7.17. The highest BCUT2D eigenvalue weighted by molar-refractivity contribution is 5.95. The van der Waals surface area contributed by atoms with Crippen molar-refractivity contribution in [2.24, 2.45) is 0 Å². The minimum atomic E-state index is -0.366. The SMILES string of the molecule is N#CCc1cc(C(=O)NCc2ccc3c(c2)NC(=O)CO3)ncn1. The van der Waals surface area contributed by atoms with E-state index in [9.17, 15) is 9.59 Å². The molecule has 0 fully saturated rings. The molecule has 1 aliphatic heterocycles. The monoisotopic (exact) mass is 323 g/mol. The molecule has 1 aromatic carbocycles. The molecule has 8 heteroatoms. The van der Waals surface area contributed by atoms with Crippen LogP contribution in [0, 0.1) is 11.3 Å². The van der Waals surface area contributed by atoms with Crippen LogP contribution in [0.25, 0.3) is 0 Å². The summed E-state index contributed by atoms with van der Waals surface area (Å²) < 4.78 is 5.28. The molecule has 24 heavy (non-hydrogen) atoms. The van der Waals surface area contributed by atoms with E-state index in [-0.39, 0.29) is 37.1 Å². The standard InChI is InChI=1S/C16H13N5O3/c17-4-3-11-6-13(20-9-19-11)16(23)18-7-10-1-2-14-12(5-10)21-15(22)8-24-14/h1-2,5-6,9H,3,7-8H2,(H,18,23)(H,21,22). The maximum Gasteiger partial charge on any atom is 0.270 e. The van der Waals surface area contributed by atoms with Crippen molar-refractivity contribution >= 4 is 17.5 Å². The number of nitrogens with zero attached hydrogens (tertiary/aromatic N) is 3. The maximum absolute atomic E-state index is 12.1. The Balaban J connectivity index is 1.66. The number of aromatic nitrogens is 2. The Kier molecular flexibility index (Phi) is 4.34. The minimum Gasteiger partial charge on any atom is -0.482 e. The largest absolute Gasteiger partial charge is 0.482 e. The molecule has 0 spiro atoms. The van der Waals surface area contributed by atoms with E-state index in [1.807, 2.05) is 6.07 Å². The van der Waals surface area contributed by atoms with Gasteiger partial charge in [-0.2, -0.15) is 5.26 Å². The first-order valence-corrected chi connectivity index (χ1v) is 7.17. The Morgan fingerprint density at radius 1 is 1.38 bits per heavy atom. The van der Waals surface area contributed by atoms with Crippen LogP contribution in [0.15, 0.2) is 30.6 Å². The number of nitrogens with one attached hydrogen (secondary N) is 2. The smallest absolute Gasteiger partial charge is 0.270 e. The van der Waals surface area contributed by atoms with Gasteiger partial charge in [-0.05, 0) is 23.8 Å². The van der Waals surface area contributed by atoms with Gasteiger partial charge in [-0.3, -0.25) is 9.59 Å². The predicted molar refractivity (Wildman–Crippen MR) is 83.1 cm³/mol. The zero-order valence-electron chi connectivity index (χ0n) is 12.6. The molecule has 0 atom stereocenters. The quantitative estimate of drug-likeness (QED) is 0.859. The van der Waals surface area contributed by atoms with Crippen molar-refractivity contribution in [1.29, 1.82) is 5.26 Å². The molecule has 0 unspecified atom stereocenters. The van der Waals surface area contributed by atoms with Crippen LogP contribution in [0.2, 0.25) is 0 Å². The summed E-state index contributed by atoms with van der Waals surface area (Å²) in [5.41, 5.74) is 2.08. The second kappa shape index (κ2) is 6.75. The summed E-state index contributed by atoms with van der Waals surface area (Å²) in [6.07, 6.45) is 1.38. The van der Waals surface area contributed by atoms with Crippen molar-refractivity contribution in [3.63, 3.8) is 0 Å². The summed E-state index contributed by atoms with van der Waals surface area (Å²) in [5.74, 6) is 0.0194. The third-order valence-electron chi connectivity index (χ3n) is 3.35. The summed E-state index contributed by atoms with van der Waals surface area (Å²) >= 11 is 0. The Morgan fingerprint density at radius 3 is 3.08 bits per heavy atom. The van der Waals surface area contributed by atoms with Crippen LogP contribution < -0.4 is 15.4 Å². The number of hydrogen-bond acceptors (Lipinski definition) is 6. The second-order valence-corrected chi connectivity index (χ2v) is 5.08. The van der Waals surface area contributed by atoms with E-state index in [1.165, 1.54) is 12.4 Å². The van der Waals surface area contributed by atoms with E-state index >= 15 is 0 Å². The Labute approximate surface area is 137 Å². The number of hydrogen-bond donors (Lipinski definition) is 2. The van der Waals surface area contributed by atoms with Gasteiger partial charge in [0.2, 0.25) is 0 Å². The summed E-state index contributed by atoms with van der Waals surface area (Å²) in [7, 11) is 0. The van der Waals surface area contributed by atoms with Gasteiger partial charge in [-0.25, -0.2) is 9.97 Å². The van der Waals surface area contributed by atoms with E-state index in [2.05, 4.69) is 20.6 Å². The van der Waals surface area contributed by atoms with Gasteiger partial charge in [0.15, 0.2) is 6.61 Å². The van der Waals surface area contributed by atoms with Gasteiger partial charge in [-0.1, -0.05) is 6.07 Å². The summed E-state index contributed by atoms with van der Waals surface area (Å²) in [6.45, 7) is 0.265. The van der Waals surface area contributed by atoms with E-state index < -0.39 is 0 Å². The van der Waals surface area contributed by atoms with Crippen LogP contribution in [0.1, 0.15) is 21.7 Å². The van der Waals surface area contributed by atoms with Gasteiger partial charge in [0.1, 0.15) is 17.8 Å². The lowest BCUT2D eigenvalue weighted by molar-refractivity contribution is -0.118. The van der Waals surface area contributed by atoms with E-state index in [1.54, 1.807) is 18.2 Å². The van der Waals surface area contributed by atoms with Gasteiger partial charge in [-0.15, -0.1) is 0 Å². The molecular weight excluding hydrogens is 310 g/mol. The fraction of sp³-hybridized carbons (Fsp3) is 0.188. The lowest BCUT2D eigenvalue weighted by Crippen LogP contribution is -2.26. The van der Waals surface area contributed by atoms with E-state index in [4.69, 9.17) is 10.00 Å². The number of benzene rings is 1. The second-order valence-electron chi connectivity index (χ2n) is 5.08. The third-order valence-corrected chi connectivity index (χ3v) is 3.35. The number of nitriles is 1. The lowest BCUT2D eigenvalue weighted by atomic mass is 10.1. The van der Waals surface area contributed by atoms with E-state index in [0.29, 0.717) is 17.1 Å². The molecule has 3 rings (SSSR count). The van der Waals surface area contributed by atoms with Crippen molar-refractivity contribution in [2.75, 3.05) is 11.9 Å². The number of fused-ring (bicyclic) bond motifs is 1. The van der Waals surface area contributed by atoms with Crippen LogP contribution in [0.3, 0.4) is 0 Å². The Morgan fingerprint density at radius 2 is 2.25 bits per heavy atom. The van der Waals surface area contributed by atoms with Crippen molar-refractivity contribution in [3.8, 4) is 11.8 Å². The normalized spacial score (nSPS) is 12.4. The lowest BCUT2D eigenvalue weighted by Gasteiger charge is -2.18. The van der Waals surface area contributed by atoms with Gasteiger partial charge in [0.05, 0.1) is 23.9 Å². The molecule has 2 amide bonds. The van der Waals surface area contributed by atoms with Crippen LogP contribution in [0.4, 0.5) is 5.69 Å². The Bertz CT molecular complexity index is 844. The number of anilines is 1. The molecule has 0 saturated carbocycles. The molecule has 2 heterocycles. The molecule has 0 aliphatic carbocycles. The van der Waals surface area contributed by atoms with Crippen LogP contribution >= 0.6 is 0 Å². The molecule has 8 nitrogen and oxygen atoms in total. The van der Waals surface area contributed by atoms with Gasteiger partial charge >= 0.3 is 0 Å². The van der Waals surface area contributed by atoms with Crippen molar-refractivity contribution in [1.82, 2.24) is 15.3 Å². The van der Waals surface area contributed by atoms with Gasteiger partial charge in [0, 0.05) is 6.54 Å². The first-order chi connectivity index (χ1) is 11.7. The number of rotatable bonds is 4. The molecular formula is C16H13N5O3. The Hall–Kier alpha value is -3.47. The molecule has 1 aliphatic rings. The number of ether oxygens (including phenoxy) is 1. The zero-order valence-corrected chi connectivity index (χ0v) is 12.6. The highest BCUT2D eigenvalue weighted by Crippen LogP contribution is 2.28. The van der Waals surface area contributed by atoms with Gasteiger partial charge in [0.25, 0.3) is 11.8 Å². The van der Waals surface area contributed by atoms with Gasteiger partial charge < -0.3 is 15.4 Å². The fourth-order valence-electron chi connectivity index (χ4n) is 2.21. The average Bonchev–Trinajstić information content (AvgIpc) is 2.60. The van der Waals surface area contributed by atoms with Crippen LogP contribution in [-0.4, -0.2) is 28.4 Å². The van der Waals surface area contributed by atoms with Crippen LogP contribution in [0.5, 0.6) is 5.75 Å². The molecule has 1 aromatic heterocycles. The predicted octanol–water partition coefficient (Wildman–Crippen LogP) is 0.804. The number of carbonyl (C=O) groups excluding carboxylic acids is 2. The van der Waals surface area contributed by atoms with Crippen LogP contribution in [-0.2, 0) is 17.8 Å². The summed E-state index contributed by atoms with van der Waals surface area (Å²) in [6, 6.07) is 8.75. The molecule has 0 radical (unpaired) electrons. The first kappa shape index (κ1) is 15.4. The number of amides is 2. The molecule has 0 bridgehead atoms. The minimum absolute atomic E-state index is 0.00181.